The Balaban J connectivity index is 2.32. The van der Waals surface area contributed by atoms with Gasteiger partial charge < -0.3 is 15.7 Å². The Morgan fingerprint density at radius 2 is 1.62 bits per heavy atom. The topological polar surface area (TPSA) is 49.5 Å². The summed E-state index contributed by atoms with van der Waals surface area (Å²) in [5.74, 6) is 0. The first-order chi connectivity index (χ1) is 11.5. The van der Waals surface area contributed by atoms with E-state index in [9.17, 15) is 0 Å². The zero-order chi connectivity index (χ0) is 17.6. The van der Waals surface area contributed by atoms with E-state index in [1.165, 1.54) is 5.56 Å². The summed E-state index contributed by atoms with van der Waals surface area (Å²) < 4.78 is 0. The minimum absolute atomic E-state index is 0.0825. The Kier molecular flexibility index (Phi) is 6.55. The molecule has 24 heavy (non-hydrogen) atoms. The van der Waals surface area contributed by atoms with Gasteiger partial charge in [0.15, 0.2) is 0 Å². The molecule has 2 aromatic carbocycles. The van der Waals surface area contributed by atoms with Crippen LogP contribution in [0, 0.1) is 0 Å². The number of rotatable bonds is 8. The van der Waals surface area contributed by atoms with Crippen LogP contribution >= 0.6 is 0 Å². The second-order valence-electron chi connectivity index (χ2n) is 6.71. The Morgan fingerprint density at radius 3 is 2.12 bits per heavy atom. The van der Waals surface area contributed by atoms with E-state index in [1.807, 2.05) is 6.07 Å². The van der Waals surface area contributed by atoms with E-state index in [4.69, 9.17) is 10.8 Å². The van der Waals surface area contributed by atoms with E-state index in [1.54, 1.807) is 0 Å². The van der Waals surface area contributed by atoms with Crippen LogP contribution in [0.3, 0.4) is 0 Å². The van der Waals surface area contributed by atoms with Gasteiger partial charge in [-0.2, -0.15) is 0 Å². The smallest absolute Gasteiger partial charge is 0.0485 e. The van der Waals surface area contributed by atoms with Crippen molar-refractivity contribution in [3.63, 3.8) is 0 Å². The predicted octanol–water partition coefficient (Wildman–Crippen LogP) is 3.17. The maximum atomic E-state index is 9.07. The van der Waals surface area contributed by atoms with Crippen LogP contribution in [0.4, 0.5) is 0 Å². The highest BCUT2D eigenvalue weighted by Crippen LogP contribution is 2.34. The van der Waals surface area contributed by atoms with Gasteiger partial charge in [0.2, 0.25) is 0 Å². The van der Waals surface area contributed by atoms with Crippen LogP contribution in [0.2, 0.25) is 0 Å². The maximum Gasteiger partial charge on any atom is 0.0485 e. The van der Waals surface area contributed by atoms with E-state index < -0.39 is 0 Å². The van der Waals surface area contributed by atoms with Gasteiger partial charge in [-0.3, -0.25) is 0 Å². The molecule has 3 nitrogen and oxygen atoms in total. The predicted molar refractivity (Wildman–Crippen MR) is 101 cm³/mol. The van der Waals surface area contributed by atoms with Gasteiger partial charge in [0.25, 0.3) is 0 Å². The first kappa shape index (κ1) is 18.7. The molecular weight excluding hydrogens is 296 g/mol. The van der Waals surface area contributed by atoms with Gasteiger partial charge in [0, 0.05) is 18.2 Å². The molecule has 0 heterocycles. The van der Waals surface area contributed by atoms with Crippen LogP contribution in [0.25, 0.3) is 0 Å². The van der Waals surface area contributed by atoms with Crippen molar-refractivity contribution >= 4 is 0 Å². The molecule has 2 atom stereocenters. The van der Waals surface area contributed by atoms with Crippen molar-refractivity contribution in [2.24, 2.45) is 5.73 Å². The molecule has 2 rings (SSSR count). The number of nitrogens with zero attached hydrogens (tertiary/aromatic N) is 1. The molecule has 0 aliphatic carbocycles. The summed E-state index contributed by atoms with van der Waals surface area (Å²) in [6, 6.07) is 18.8. The maximum absolute atomic E-state index is 9.07. The number of hydrogen-bond donors (Lipinski definition) is 2. The summed E-state index contributed by atoms with van der Waals surface area (Å²) in [5.41, 5.74) is 10.2. The number of nitrogens with two attached hydrogens (primary N) is 1. The third-order valence-electron chi connectivity index (χ3n) is 5.17. The number of hydrogen-bond acceptors (Lipinski definition) is 3. The molecule has 0 amide bonds. The normalized spacial score (nSPS) is 15.2. The summed E-state index contributed by atoms with van der Waals surface area (Å²) >= 11 is 0. The van der Waals surface area contributed by atoms with Crippen LogP contribution in [0.1, 0.15) is 36.1 Å². The van der Waals surface area contributed by atoms with Crippen LogP contribution in [0.5, 0.6) is 0 Å². The van der Waals surface area contributed by atoms with Gasteiger partial charge in [-0.25, -0.2) is 0 Å². The highest BCUT2D eigenvalue weighted by Gasteiger charge is 2.38. The monoisotopic (exact) mass is 326 g/mol. The van der Waals surface area contributed by atoms with Gasteiger partial charge in [0.05, 0.1) is 0 Å². The lowest BCUT2D eigenvalue weighted by Crippen LogP contribution is -2.53. The van der Waals surface area contributed by atoms with Gasteiger partial charge >= 0.3 is 0 Å². The number of benzene rings is 2. The molecule has 0 aromatic heterocycles. The molecule has 2 unspecified atom stereocenters. The zero-order valence-electron chi connectivity index (χ0n) is 15.1. The molecule has 0 aliphatic heterocycles. The third kappa shape index (κ3) is 4.04. The van der Waals surface area contributed by atoms with Gasteiger partial charge in [-0.1, -0.05) is 61.5 Å². The van der Waals surface area contributed by atoms with Gasteiger partial charge in [-0.15, -0.1) is 0 Å². The number of aliphatic hydroxyl groups is 1. The Morgan fingerprint density at radius 1 is 1.00 bits per heavy atom. The number of aliphatic hydroxyl groups excluding tert-OH is 1. The fourth-order valence-corrected chi connectivity index (χ4v) is 3.49. The lowest BCUT2D eigenvalue weighted by molar-refractivity contribution is 0.110. The van der Waals surface area contributed by atoms with E-state index >= 15 is 0 Å². The standard InChI is InChI=1S/C21H30N2O/c1-4-21(23(2)3,16-18-8-6-5-7-9-18)20(22)19-12-10-17(11-13-19)14-15-24/h5-13,20,24H,4,14-16,22H2,1-3H3. The molecule has 0 radical (unpaired) electrons. The van der Waals surface area contributed by atoms with E-state index in [0.717, 1.165) is 24.0 Å². The van der Waals surface area contributed by atoms with Crippen molar-refractivity contribution in [3.05, 3.63) is 71.3 Å². The molecule has 0 saturated carbocycles. The van der Waals surface area contributed by atoms with Crippen LogP contribution < -0.4 is 5.73 Å². The lowest BCUT2D eigenvalue weighted by atomic mass is 9.77. The largest absolute Gasteiger partial charge is 0.396 e. The highest BCUT2D eigenvalue weighted by atomic mass is 16.2. The van der Waals surface area contributed by atoms with E-state index in [-0.39, 0.29) is 18.2 Å². The molecule has 130 valence electrons. The average molecular weight is 326 g/mol. The summed E-state index contributed by atoms with van der Waals surface area (Å²) in [6.45, 7) is 2.39. The number of likely N-dealkylation sites (N-methyl/N-ethyl adjacent to an activating group) is 1. The minimum atomic E-state index is -0.139. The van der Waals surface area contributed by atoms with Gasteiger partial charge in [-0.05, 0) is 50.0 Å². The molecule has 0 saturated heterocycles. The molecule has 0 bridgehead atoms. The lowest BCUT2D eigenvalue weighted by Gasteiger charge is -2.44. The molecule has 0 aliphatic rings. The fraction of sp³-hybridized carbons (Fsp3) is 0.429. The summed E-state index contributed by atoms with van der Waals surface area (Å²) in [6.07, 6.45) is 2.57. The van der Waals surface area contributed by atoms with Crippen molar-refractivity contribution in [1.82, 2.24) is 4.90 Å². The molecule has 3 N–H and O–H groups in total. The summed E-state index contributed by atoms with van der Waals surface area (Å²) in [4.78, 5) is 2.27. The van der Waals surface area contributed by atoms with Crippen LogP contribution in [-0.4, -0.2) is 36.2 Å². The molecule has 2 aromatic rings. The van der Waals surface area contributed by atoms with Crippen LogP contribution in [-0.2, 0) is 12.8 Å². The third-order valence-corrected chi connectivity index (χ3v) is 5.17. The molecular formula is C21H30N2O. The Bertz CT molecular complexity index is 609. The average Bonchev–Trinajstić information content (AvgIpc) is 2.61. The van der Waals surface area contributed by atoms with Crippen molar-refractivity contribution in [2.75, 3.05) is 20.7 Å². The Hall–Kier alpha value is -1.68. The summed E-state index contributed by atoms with van der Waals surface area (Å²) in [5, 5.41) is 9.07. The first-order valence-electron chi connectivity index (χ1n) is 8.70. The van der Waals surface area contributed by atoms with E-state index in [2.05, 4.69) is 74.4 Å². The van der Waals surface area contributed by atoms with Crippen molar-refractivity contribution in [3.8, 4) is 0 Å². The second kappa shape index (κ2) is 8.43. The molecule has 3 heteroatoms. The van der Waals surface area contributed by atoms with Crippen LogP contribution in [0.15, 0.2) is 54.6 Å². The Labute approximate surface area is 146 Å². The fourth-order valence-electron chi connectivity index (χ4n) is 3.49. The molecule has 0 fully saturated rings. The molecule has 0 spiro atoms. The highest BCUT2D eigenvalue weighted by molar-refractivity contribution is 5.29. The van der Waals surface area contributed by atoms with Crippen molar-refractivity contribution in [2.45, 2.75) is 37.8 Å². The zero-order valence-corrected chi connectivity index (χ0v) is 15.1. The SMILES string of the molecule is CCC(Cc1ccccc1)(C(N)c1ccc(CCO)cc1)N(C)C. The first-order valence-corrected chi connectivity index (χ1v) is 8.70. The second-order valence-corrected chi connectivity index (χ2v) is 6.71. The summed E-state index contributed by atoms with van der Waals surface area (Å²) in [7, 11) is 4.23. The minimum Gasteiger partial charge on any atom is -0.396 e. The quantitative estimate of drug-likeness (QED) is 0.783. The van der Waals surface area contributed by atoms with Crippen molar-refractivity contribution < 1.29 is 5.11 Å². The van der Waals surface area contributed by atoms with Gasteiger partial charge in [0.1, 0.15) is 0 Å². The van der Waals surface area contributed by atoms with Crippen molar-refractivity contribution in [1.29, 1.82) is 0 Å². The van der Waals surface area contributed by atoms with E-state index in [0.29, 0.717) is 6.42 Å².